The molecular formula is C18H27ClN4O2. The van der Waals surface area contributed by atoms with Crippen molar-refractivity contribution in [1.29, 1.82) is 0 Å². The number of guanidine groups is 1. The van der Waals surface area contributed by atoms with Gasteiger partial charge in [0.2, 0.25) is 5.91 Å². The molecule has 1 aromatic carbocycles. The maximum absolute atomic E-state index is 11.8. The van der Waals surface area contributed by atoms with Gasteiger partial charge in [0.05, 0.1) is 6.61 Å². The van der Waals surface area contributed by atoms with E-state index in [1.807, 2.05) is 18.2 Å². The van der Waals surface area contributed by atoms with Gasteiger partial charge in [-0.05, 0) is 24.5 Å². The molecule has 1 fully saturated rings. The van der Waals surface area contributed by atoms with Crippen LogP contribution in [0.2, 0.25) is 5.02 Å². The predicted molar refractivity (Wildman–Crippen MR) is 101 cm³/mol. The second kappa shape index (κ2) is 9.06. The van der Waals surface area contributed by atoms with Crippen LogP contribution in [0.25, 0.3) is 0 Å². The fourth-order valence-electron chi connectivity index (χ4n) is 2.57. The third kappa shape index (κ3) is 5.61. The molecule has 138 valence electrons. The van der Waals surface area contributed by atoms with Crippen LogP contribution >= 0.6 is 11.6 Å². The van der Waals surface area contributed by atoms with Crippen molar-refractivity contribution in [3.63, 3.8) is 0 Å². The Morgan fingerprint density at radius 2 is 2.04 bits per heavy atom. The second-order valence-corrected chi connectivity index (χ2v) is 6.89. The highest BCUT2D eigenvalue weighted by Crippen LogP contribution is 2.49. The van der Waals surface area contributed by atoms with Gasteiger partial charge in [-0.15, -0.1) is 0 Å². The number of methoxy groups -OCH3 is 1. The van der Waals surface area contributed by atoms with E-state index < -0.39 is 0 Å². The van der Waals surface area contributed by atoms with E-state index in [0.29, 0.717) is 19.1 Å². The Morgan fingerprint density at radius 3 is 2.64 bits per heavy atom. The summed E-state index contributed by atoms with van der Waals surface area (Å²) < 4.78 is 5.06. The first-order valence-electron chi connectivity index (χ1n) is 8.45. The van der Waals surface area contributed by atoms with Gasteiger partial charge in [0.1, 0.15) is 6.54 Å². The van der Waals surface area contributed by atoms with Gasteiger partial charge in [-0.1, -0.05) is 29.8 Å². The van der Waals surface area contributed by atoms with Crippen LogP contribution in [0.3, 0.4) is 0 Å². The Balaban J connectivity index is 2.00. The van der Waals surface area contributed by atoms with Gasteiger partial charge in [-0.3, -0.25) is 4.79 Å². The van der Waals surface area contributed by atoms with Crippen LogP contribution in [0.1, 0.15) is 18.4 Å². The minimum atomic E-state index is -0.0416. The number of hydrogen-bond acceptors (Lipinski definition) is 3. The van der Waals surface area contributed by atoms with Crippen LogP contribution < -0.4 is 10.6 Å². The first-order valence-corrected chi connectivity index (χ1v) is 8.82. The second-order valence-electron chi connectivity index (χ2n) is 6.49. The molecule has 0 unspecified atom stereocenters. The number of halogens is 1. The Morgan fingerprint density at radius 1 is 1.32 bits per heavy atom. The van der Waals surface area contributed by atoms with E-state index in [1.54, 1.807) is 21.2 Å². The third-order valence-corrected chi connectivity index (χ3v) is 4.69. The molecule has 1 aliphatic carbocycles. The Kier molecular flexibility index (Phi) is 7.08. The standard InChI is InChI=1S/C18H27ClN4O2/c1-23(2)16(24)12-21-17(20-10-11-25-3)22-13-18(8-9-18)14-6-4-5-7-15(14)19/h4-7H,8-13H2,1-3H3,(H2,20,21,22). The molecule has 0 heterocycles. The van der Waals surface area contributed by atoms with Gasteiger partial charge in [0.15, 0.2) is 5.96 Å². The third-order valence-electron chi connectivity index (χ3n) is 4.36. The van der Waals surface area contributed by atoms with Crippen LogP contribution in [0.4, 0.5) is 0 Å². The molecule has 0 aromatic heterocycles. The van der Waals surface area contributed by atoms with Gasteiger partial charge in [-0.2, -0.15) is 0 Å². The Bertz CT molecular complexity index is 615. The van der Waals surface area contributed by atoms with E-state index in [9.17, 15) is 4.79 Å². The van der Waals surface area contributed by atoms with Crippen LogP contribution in [-0.4, -0.2) is 64.2 Å². The van der Waals surface area contributed by atoms with Crippen LogP contribution in [0, 0.1) is 0 Å². The summed E-state index contributed by atoms with van der Waals surface area (Å²) >= 11 is 6.36. The number of likely N-dealkylation sites (N-methyl/N-ethyl adjacent to an activating group) is 1. The quantitative estimate of drug-likeness (QED) is 0.417. The average Bonchev–Trinajstić information content (AvgIpc) is 3.38. The highest BCUT2D eigenvalue weighted by Gasteiger charge is 2.45. The summed E-state index contributed by atoms with van der Waals surface area (Å²) in [7, 11) is 5.10. The summed E-state index contributed by atoms with van der Waals surface area (Å²) in [6.07, 6.45) is 2.18. The van der Waals surface area contributed by atoms with Gasteiger partial charge >= 0.3 is 0 Å². The molecule has 7 heteroatoms. The molecule has 0 spiro atoms. The zero-order chi connectivity index (χ0) is 18.3. The van der Waals surface area contributed by atoms with Gasteiger partial charge in [0, 0.05) is 44.7 Å². The molecule has 1 aromatic rings. The van der Waals surface area contributed by atoms with E-state index in [-0.39, 0.29) is 17.9 Å². The van der Waals surface area contributed by atoms with Gasteiger partial charge in [0.25, 0.3) is 0 Å². The Labute approximate surface area is 154 Å². The molecule has 6 nitrogen and oxygen atoms in total. The highest BCUT2D eigenvalue weighted by molar-refractivity contribution is 6.31. The number of nitrogens with one attached hydrogen (secondary N) is 2. The van der Waals surface area contributed by atoms with E-state index >= 15 is 0 Å². The van der Waals surface area contributed by atoms with Crippen molar-refractivity contribution in [2.75, 3.05) is 47.4 Å². The van der Waals surface area contributed by atoms with Crippen molar-refractivity contribution in [3.05, 3.63) is 34.9 Å². The largest absolute Gasteiger partial charge is 0.383 e. The summed E-state index contributed by atoms with van der Waals surface area (Å²) in [6, 6.07) is 7.98. The fraction of sp³-hybridized carbons (Fsp3) is 0.556. The van der Waals surface area contributed by atoms with Crippen LogP contribution in [0.15, 0.2) is 29.3 Å². The van der Waals surface area contributed by atoms with E-state index in [1.165, 1.54) is 10.5 Å². The number of rotatable bonds is 8. The number of aliphatic imine (C=N–C) groups is 1. The first-order chi connectivity index (χ1) is 12.0. The first kappa shape index (κ1) is 19.5. The van der Waals surface area contributed by atoms with E-state index in [4.69, 9.17) is 16.3 Å². The molecule has 0 radical (unpaired) electrons. The fourth-order valence-corrected chi connectivity index (χ4v) is 2.91. The number of nitrogens with zero attached hydrogens (tertiary/aromatic N) is 2. The highest BCUT2D eigenvalue weighted by atomic mass is 35.5. The molecule has 1 saturated carbocycles. The number of carbonyl (C=O) groups excluding carboxylic acids is 1. The molecule has 0 saturated heterocycles. The zero-order valence-corrected chi connectivity index (χ0v) is 15.9. The topological polar surface area (TPSA) is 66.0 Å². The summed E-state index contributed by atoms with van der Waals surface area (Å²) in [5, 5.41) is 7.35. The summed E-state index contributed by atoms with van der Waals surface area (Å²) in [6.45, 7) is 2.02. The monoisotopic (exact) mass is 366 g/mol. The summed E-state index contributed by atoms with van der Waals surface area (Å²) in [4.78, 5) is 17.7. The minimum absolute atomic E-state index is 0.0416. The summed E-state index contributed by atoms with van der Waals surface area (Å²) in [5.74, 6) is 0.575. The SMILES string of the molecule is COCCNC(=NCC(=O)N(C)C)NCC1(c2ccccc2Cl)CC1. The molecule has 2 rings (SSSR count). The van der Waals surface area contributed by atoms with Crippen LogP contribution in [-0.2, 0) is 14.9 Å². The molecular weight excluding hydrogens is 340 g/mol. The maximum Gasteiger partial charge on any atom is 0.243 e. The predicted octanol–water partition coefficient (Wildman–Crippen LogP) is 1.64. The molecule has 2 N–H and O–H groups in total. The van der Waals surface area contributed by atoms with Crippen molar-refractivity contribution in [2.45, 2.75) is 18.3 Å². The Hall–Kier alpha value is -1.79. The van der Waals surface area contributed by atoms with E-state index in [2.05, 4.69) is 21.7 Å². The minimum Gasteiger partial charge on any atom is -0.383 e. The summed E-state index contributed by atoms with van der Waals surface area (Å²) in [5.41, 5.74) is 1.22. The number of benzene rings is 1. The van der Waals surface area contributed by atoms with Gasteiger partial charge < -0.3 is 20.3 Å². The molecule has 0 aliphatic heterocycles. The number of amides is 1. The number of carbonyl (C=O) groups is 1. The molecule has 0 bridgehead atoms. The zero-order valence-electron chi connectivity index (χ0n) is 15.1. The molecule has 1 aliphatic rings. The van der Waals surface area contributed by atoms with Crippen molar-refractivity contribution >= 4 is 23.5 Å². The molecule has 1 amide bonds. The lowest BCUT2D eigenvalue weighted by Gasteiger charge is -2.20. The van der Waals surface area contributed by atoms with Crippen molar-refractivity contribution < 1.29 is 9.53 Å². The van der Waals surface area contributed by atoms with Crippen molar-refractivity contribution in [3.8, 4) is 0 Å². The molecule has 0 atom stereocenters. The number of ether oxygens (including phenoxy) is 1. The van der Waals surface area contributed by atoms with Gasteiger partial charge in [-0.25, -0.2) is 4.99 Å². The number of hydrogen-bond donors (Lipinski definition) is 2. The molecule has 25 heavy (non-hydrogen) atoms. The average molecular weight is 367 g/mol. The van der Waals surface area contributed by atoms with Crippen molar-refractivity contribution in [2.24, 2.45) is 4.99 Å². The smallest absolute Gasteiger partial charge is 0.243 e. The lowest BCUT2D eigenvalue weighted by atomic mass is 9.96. The lowest BCUT2D eigenvalue weighted by Crippen LogP contribution is -2.43. The lowest BCUT2D eigenvalue weighted by molar-refractivity contribution is -0.127. The maximum atomic E-state index is 11.8. The van der Waals surface area contributed by atoms with Crippen molar-refractivity contribution in [1.82, 2.24) is 15.5 Å². The normalized spacial score (nSPS) is 15.6. The van der Waals surface area contributed by atoms with E-state index in [0.717, 1.165) is 24.4 Å². The van der Waals surface area contributed by atoms with Crippen LogP contribution in [0.5, 0.6) is 0 Å².